The molecule has 3 nitrogen and oxygen atoms in total. The van der Waals surface area contributed by atoms with E-state index < -0.39 is 5.97 Å². The van der Waals surface area contributed by atoms with Gasteiger partial charge in [-0.3, -0.25) is 4.79 Å². The summed E-state index contributed by atoms with van der Waals surface area (Å²) in [6.45, 7) is 4.12. The van der Waals surface area contributed by atoms with Crippen LogP contribution in [0.3, 0.4) is 0 Å². The zero-order valence-electron chi connectivity index (χ0n) is 8.95. The van der Waals surface area contributed by atoms with Gasteiger partial charge in [0.25, 0.3) is 0 Å². The summed E-state index contributed by atoms with van der Waals surface area (Å²) in [5.74, 6) is 1.19. The summed E-state index contributed by atoms with van der Waals surface area (Å²) >= 11 is 3.35. The molecule has 0 unspecified atom stereocenters. The molecule has 0 aliphatic carbocycles. The van der Waals surface area contributed by atoms with Gasteiger partial charge in [-0.15, -0.1) is 11.3 Å². The number of carbonyl (C=O) groups is 1. The van der Waals surface area contributed by atoms with Gasteiger partial charge in [0.1, 0.15) is 5.01 Å². The van der Waals surface area contributed by atoms with Crippen LogP contribution in [0.4, 0.5) is 0 Å². The van der Waals surface area contributed by atoms with Crippen molar-refractivity contribution in [2.45, 2.75) is 32.4 Å². The molecule has 0 spiro atoms. The van der Waals surface area contributed by atoms with Crippen LogP contribution in [0.2, 0.25) is 0 Å². The van der Waals surface area contributed by atoms with Crippen molar-refractivity contribution in [3.63, 3.8) is 0 Å². The number of aromatic nitrogens is 1. The zero-order valence-corrected chi connectivity index (χ0v) is 10.6. The highest BCUT2D eigenvalue weighted by Gasteiger charge is 2.12. The van der Waals surface area contributed by atoms with Crippen LogP contribution in [0.5, 0.6) is 0 Å². The maximum absolute atomic E-state index is 10.6. The molecule has 0 aliphatic heterocycles. The molecular formula is C10H15NO2S2. The normalized spacial score (nSPS) is 10.5. The zero-order chi connectivity index (χ0) is 11.3. The number of aliphatic carboxylic acids is 1. The summed E-state index contributed by atoms with van der Waals surface area (Å²) in [4.78, 5) is 16.0. The Bertz CT molecular complexity index is 336. The molecule has 1 aromatic heterocycles. The van der Waals surface area contributed by atoms with Gasteiger partial charge >= 0.3 is 5.97 Å². The average Bonchev–Trinajstić information content (AvgIpc) is 2.56. The molecule has 1 rings (SSSR count). The molecule has 0 aliphatic rings. The molecule has 15 heavy (non-hydrogen) atoms. The van der Waals surface area contributed by atoms with E-state index in [0.717, 1.165) is 33.5 Å². The fourth-order valence-electron chi connectivity index (χ4n) is 1.24. The molecule has 5 heteroatoms. The van der Waals surface area contributed by atoms with Crippen molar-refractivity contribution in [3.05, 3.63) is 15.6 Å². The van der Waals surface area contributed by atoms with E-state index >= 15 is 0 Å². The Labute approximate surface area is 97.9 Å². The smallest absolute Gasteiger partial charge is 0.308 e. The summed E-state index contributed by atoms with van der Waals surface area (Å²) in [7, 11) is 0. The van der Waals surface area contributed by atoms with E-state index in [9.17, 15) is 4.79 Å². The second-order valence-electron chi connectivity index (χ2n) is 3.04. The third kappa shape index (κ3) is 3.83. The Morgan fingerprint density at radius 2 is 2.27 bits per heavy atom. The molecule has 0 radical (unpaired) electrons. The quantitative estimate of drug-likeness (QED) is 0.837. The Balaban J connectivity index is 2.75. The predicted octanol–water partition coefficient (Wildman–Crippen LogP) is 2.59. The molecule has 84 valence electrons. The number of hydrogen-bond donors (Lipinski definition) is 1. The van der Waals surface area contributed by atoms with Crippen molar-refractivity contribution < 1.29 is 9.90 Å². The first-order valence-corrected chi connectivity index (χ1v) is 6.91. The van der Waals surface area contributed by atoms with Crippen LogP contribution in [0.25, 0.3) is 0 Å². The second kappa shape index (κ2) is 6.12. The van der Waals surface area contributed by atoms with E-state index in [0.29, 0.717) is 0 Å². The topological polar surface area (TPSA) is 50.2 Å². The SMILES string of the molecule is CCSCc1nc(CC)c(CC(=O)O)s1. The number of thiazole rings is 1. The van der Waals surface area contributed by atoms with E-state index in [4.69, 9.17) is 5.11 Å². The molecule has 0 amide bonds. The lowest BCUT2D eigenvalue weighted by atomic mass is 10.2. The molecule has 0 fully saturated rings. The summed E-state index contributed by atoms with van der Waals surface area (Å²) in [6.07, 6.45) is 0.924. The minimum atomic E-state index is -0.775. The second-order valence-corrected chi connectivity index (χ2v) is 5.48. The van der Waals surface area contributed by atoms with E-state index in [1.165, 1.54) is 11.3 Å². The standard InChI is InChI=1S/C10H15NO2S2/c1-3-7-8(5-10(12)13)15-9(11-7)6-14-4-2/h3-6H2,1-2H3,(H,12,13). The molecule has 0 saturated carbocycles. The van der Waals surface area contributed by atoms with Crippen molar-refractivity contribution >= 4 is 29.1 Å². The van der Waals surface area contributed by atoms with Crippen LogP contribution in [0.1, 0.15) is 29.4 Å². The number of hydrogen-bond acceptors (Lipinski definition) is 4. The molecule has 0 atom stereocenters. The van der Waals surface area contributed by atoms with Gasteiger partial charge in [0, 0.05) is 10.6 Å². The number of rotatable bonds is 6. The molecule has 0 aromatic carbocycles. The van der Waals surface area contributed by atoms with Gasteiger partial charge < -0.3 is 5.11 Å². The van der Waals surface area contributed by atoms with Gasteiger partial charge in [0.05, 0.1) is 12.1 Å². The van der Waals surface area contributed by atoms with Gasteiger partial charge in [-0.2, -0.15) is 11.8 Å². The monoisotopic (exact) mass is 245 g/mol. The van der Waals surface area contributed by atoms with Gasteiger partial charge in [0.15, 0.2) is 0 Å². The Morgan fingerprint density at radius 1 is 1.53 bits per heavy atom. The van der Waals surface area contributed by atoms with Gasteiger partial charge in [-0.05, 0) is 12.2 Å². The van der Waals surface area contributed by atoms with Crippen molar-refractivity contribution in [3.8, 4) is 0 Å². The molecule has 1 heterocycles. The fraction of sp³-hybridized carbons (Fsp3) is 0.600. The number of thioether (sulfide) groups is 1. The van der Waals surface area contributed by atoms with Crippen molar-refractivity contribution in [1.82, 2.24) is 4.98 Å². The first-order chi connectivity index (χ1) is 7.17. The molecular weight excluding hydrogens is 230 g/mol. The maximum atomic E-state index is 10.6. The minimum absolute atomic E-state index is 0.109. The first kappa shape index (κ1) is 12.5. The minimum Gasteiger partial charge on any atom is -0.481 e. The summed E-state index contributed by atoms with van der Waals surface area (Å²) in [6, 6.07) is 0. The van der Waals surface area contributed by atoms with Crippen LogP contribution in [-0.2, 0) is 23.4 Å². The summed E-state index contributed by atoms with van der Waals surface area (Å²) in [5, 5.41) is 9.80. The fourth-order valence-corrected chi connectivity index (χ4v) is 3.11. The van der Waals surface area contributed by atoms with Crippen molar-refractivity contribution in [2.24, 2.45) is 0 Å². The summed E-state index contributed by atoms with van der Waals surface area (Å²) in [5.41, 5.74) is 0.953. The highest BCUT2D eigenvalue weighted by atomic mass is 32.2. The Morgan fingerprint density at radius 3 is 2.80 bits per heavy atom. The lowest BCUT2D eigenvalue weighted by Gasteiger charge is -1.93. The van der Waals surface area contributed by atoms with E-state index in [2.05, 4.69) is 11.9 Å². The van der Waals surface area contributed by atoms with Gasteiger partial charge in [-0.1, -0.05) is 13.8 Å². The van der Waals surface area contributed by atoms with Crippen molar-refractivity contribution in [2.75, 3.05) is 5.75 Å². The van der Waals surface area contributed by atoms with Crippen LogP contribution in [0.15, 0.2) is 0 Å². The van der Waals surface area contributed by atoms with E-state index in [1.807, 2.05) is 18.7 Å². The van der Waals surface area contributed by atoms with Crippen LogP contribution >= 0.6 is 23.1 Å². The highest BCUT2D eigenvalue weighted by Crippen LogP contribution is 2.23. The molecule has 1 N–H and O–H groups in total. The molecule has 0 bridgehead atoms. The molecule has 0 saturated heterocycles. The lowest BCUT2D eigenvalue weighted by molar-refractivity contribution is -0.136. The predicted molar refractivity (Wildman–Crippen MR) is 64.7 cm³/mol. The lowest BCUT2D eigenvalue weighted by Crippen LogP contribution is -2.00. The van der Waals surface area contributed by atoms with Crippen LogP contribution in [-0.4, -0.2) is 21.8 Å². The van der Waals surface area contributed by atoms with Gasteiger partial charge in [0.2, 0.25) is 0 Å². The van der Waals surface area contributed by atoms with Crippen LogP contribution < -0.4 is 0 Å². The number of carboxylic acid groups (broad SMARTS) is 1. The van der Waals surface area contributed by atoms with Gasteiger partial charge in [-0.25, -0.2) is 4.98 Å². The number of aryl methyl sites for hydroxylation is 1. The van der Waals surface area contributed by atoms with Crippen molar-refractivity contribution in [1.29, 1.82) is 0 Å². The Hall–Kier alpha value is -0.550. The van der Waals surface area contributed by atoms with Crippen LogP contribution in [0, 0.1) is 0 Å². The van der Waals surface area contributed by atoms with E-state index in [1.54, 1.807) is 0 Å². The number of nitrogens with zero attached hydrogens (tertiary/aromatic N) is 1. The Kier molecular flexibility index (Phi) is 5.11. The maximum Gasteiger partial charge on any atom is 0.308 e. The third-order valence-electron chi connectivity index (χ3n) is 1.90. The average molecular weight is 245 g/mol. The largest absolute Gasteiger partial charge is 0.481 e. The number of carboxylic acids is 1. The summed E-state index contributed by atoms with van der Waals surface area (Å²) < 4.78 is 0. The first-order valence-electron chi connectivity index (χ1n) is 4.94. The third-order valence-corrected chi connectivity index (χ3v) is 4.07. The van der Waals surface area contributed by atoms with E-state index in [-0.39, 0.29) is 6.42 Å². The molecule has 1 aromatic rings. The highest BCUT2D eigenvalue weighted by molar-refractivity contribution is 7.98.